The first-order valence-corrected chi connectivity index (χ1v) is 7.96. The maximum absolute atomic E-state index is 13.3. The highest BCUT2D eigenvalue weighted by Gasteiger charge is 2.12. The van der Waals surface area contributed by atoms with E-state index in [1.807, 2.05) is 0 Å². The average molecular weight is 356 g/mol. The third-order valence-corrected chi connectivity index (χ3v) is 4.55. The van der Waals surface area contributed by atoms with Crippen LogP contribution in [0.25, 0.3) is 0 Å². The van der Waals surface area contributed by atoms with Crippen LogP contribution in [0, 0.1) is 18.7 Å². The predicted octanol–water partition coefficient (Wildman–Crippen LogP) is 5.54. The molecule has 2 aromatic carbocycles. The van der Waals surface area contributed by atoms with E-state index in [-0.39, 0.29) is 5.82 Å². The van der Waals surface area contributed by atoms with Crippen LogP contribution in [0.3, 0.4) is 0 Å². The quantitative estimate of drug-likeness (QED) is 0.618. The van der Waals surface area contributed by atoms with E-state index in [9.17, 15) is 4.39 Å². The van der Waals surface area contributed by atoms with Crippen molar-refractivity contribution < 1.29 is 4.39 Å². The fourth-order valence-electron chi connectivity index (χ4n) is 2.36. The smallest absolute Gasteiger partial charge is 0.123 e. The van der Waals surface area contributed by atoms with Crippen molar-refractivity contribution in [2.24, 2.45) is 5.92 Å². The summed E-state index contributed by atoms with van der Waals surface area (Å²) in [7, 11) is 0. The largest absolute Gasteiger partial charge is 0.207 e. The molecule has 0 spiro atoms. The van der Waals surface area contributed by atoms with E-state index in [1.54, 1.807) is 12.1 Å². The lowest BCUT2D eigenvalue weighted by molar-refractivity contribution is 0.575. The van der Waals surface area contributed by atoms with Gasteiger partial charge in [0.15, 0.2) is 0 Å². The Morgan fingerprint density at radius 1 is 1.15 bits per heavy atom. The van der Waals surface area contributed by atoms with Crippen molar-refractivity contribution in [3.63, 3.8) is 0 Å². The second-order valence-electron chi connectivity index (χ2n) is 5.15. The second-order valence-corrected chi connectivity index (χ2v) is 6.32. The Hall–Kier alpha value is -0.860. The van der Waals surface area contributed by atoms with Gasteiger partial charge in [0.25, 0.3) is 0 Å². The Bertz CT molecular complexity index is 583. The molecule has 0 nitrogen and oxygen atoms in total. The number of aryl methyl sites for hydroxylation is 1. The maximum atomic E-state index is 13.3. The summed E-state index contributed by atoms with van der Waals surface area (Å²) in [5.41, 5.74) is 3.51. The Labute approximate surface area is 133 Å². The van der Waals surface area contributed by atoms with E-state index in [1.165, 1.54) is 17.2 Å². The molecular formula is C17H17BrClF. The molecule has 0 aliphatic rings. The van der Waals surface area contributed by atoms with Gasteiger partial charge in [0.2, 0.25) is 0 Å². The van der Waals surface area contributed by atoms with Crippen LogP contribution in [0.2, 0.25) is 0 Å². The van der Waals surface area contributed by atoms with Crippen molar-refractivity contribution in [3.8, 4) is 0 Å². The van der Waals surface area contributed by atoms with Crippen LogP contribution >= 0.6 is 27.5 Å². The molecule has 0 saturated carbocycles. The van der Waals surface area contributed by atoms with Crippen molar-refractivity contribution >= 4 is 27.5 Å². The summed E-state index contributed by atoms with van der Waals surface area (Å²) in [6.07, 6.45) is 1.68. The zero-order valence-corrected chi connectivity index (χ0v) is 13.7. The van der Waals surface area contributed by atoms with Crippen LogP contribution in [-0.2, 0) is 12.8 Å². The van der Waals surface area contributed by atoms with Gasteiger partial charge in [-0.2, -0.15) is 0 Å². The second kappa shape index (κ2) is 7.24. The summed E-state index contributed by atoms with van der Waals surface area (Å²) in [5, 5.41) is 0. The minimum Gasteiger partial charge on any atom is -0.207 e. The van der Waals surface area contributed by atoms with Crippen molar-refractivity contribution in [2.45, 2.75) is 19.8 Å². The van der Waals surface area contributed by atoms with Crippen molar-refractivity contribution in [1.29, 1.82) is 0 Å². The van der Waals surface area contributed by atoms with Gasteiger partial charge >= 0.3 is 0 Å². The molecule has 1 unspecified atom stereocenters. The monoisotopic (exact) mass is 354 g/mol. The van der Waals surface area contributed by atoms with E-state index in [0.29, 0.717) is 11.8 Å². The van der Waals surface area contributed by atoms with Crippen molar-refractivity contribution in [1.82, 2.24) is 0 Å². The highest BCUT2D eigenvalue weighted by atomic mass is 79.9. The third-order valence-electron chi connectivity index (χ3n) is 3.34. The lowest BCUT2D eigenvalue weighted by atomic mass is 9.93. The molecule has 0 aliphatic heterocycles. The number of benzene rings is 2. The molecule has 0 N–H and O–H groups in total. The van der Waals surface area contributed by atoms with Gasteiger partial charge in [-0.3, -0.25) is 0 Å². The number of hydrogen-bond donors (Lipinski definition) is 0. The zero-order chi connectivity index (χ0) is 14.5. The van der Waals surface area contributed by atoms with Crippen LogP contribution < -0.4 is 0 Å². The molecule has 0 amide bonds. The summed E-state index contributed by atoms with van der Waals surface area (Å²) in [5.74, 6) is 0.667. The molecule has 0 aromatic heterocycles. The molecule has 1 atom stereocenters. The minimum absolute atomic E-state index is 0.202. The zero-order valence-electron chi connectivity index (χ0n) is 11.4. The summed E-state index contributed by atoms with van der Waals surface area (Å²) >= 11 is 9.57. The molecule has 3 heteroatoms. The van der Waals surface area contributed by atoms with E-state index < -0.39 is 0 Å². The van der Waals surface area contributed by atoms with Crippen molar-refractivity contribution in [3.05, 3.63) is 69.4 Å². The molecule has 0 bridgehead atoms. The predicted molar refractivity (Wildman–Crippen MR) is 86.9 cm³/mol. The summed E-state index contributed by atoms with van der Waals surface area (Å²) in [6, 6.07) is 13.2. The van der Waals surface area contributed by atoms with Gasteiger partial charge in [0, 0.05) is 10.4 Å². The molecular weight excluding hydrogens is 339 g/mol. The molecule has 0 heterocycles. The van der Waals surface area contributed by atoms with Crippen molar-refractivity contribution in [2.75, 3.05) is 5.88 Å². The SMILES string of the molecule is Cc1cccc(CC(CCl)Cc2cc(F)ccc2Br)c1. The number of rotatable bonds is 5. The third kappa shape index (κ3) is 4.32. The Kier molecular flexibility index (Phi) is 5.62. The number of hydrogen-bond acceptors (Lipinski definition) is 0. The lowest BCUT2D eigenvalue weighted by Crippen LogP contribution is -2.11. The average Bonchev–Trinajstić information content (AvgIpc) is 2.42. The highest BCUT2D eigenvalue weighted by molar-refractivity contribution is 9.10. The van der Waals surface area contributed by atoms with Gasteiger partial charge in [-0.15, -0.1) is 11.6 Å². The molecule has 20 heavy (non-hydrogen) atoms. The number of alkyl halides is 1. The lowest BCUT2D eigenvalue weighted by Gasteiger charge is -2.15. The molecule has 2 rings (SSSR count). The van der Waals surface area contributed by atoms with Crippen LogP contribution in [0.4, 0.5) is 4.39 Å². The van der Waals surface area contributed by atoms with Crippen LogP contribution in [0.5, 0.6) is 0 Å². The van der Waals surface area contributed by atoms with Crippen LogP contribution in [0.1, 0.15) is 16.7 Å². The van der Waals surface area contributed by atoms with E-state index >= 15 is 0 Å². The molecule has 0 fully saturated rings. The first kappa shape index (κ1) is 15.5. The standard InChI is InChI=1S/C17H17BrClF/c1-12-3-2-4-13(7-12)8-14(11-19)9-15-10-16(20)5-6-17(15)18/h2-7,10,14H,8-9,11H2,1H3. The van der Waals surface area contributed by atoms with Gasteiger partial charge in [-0.1, -0.05) is 45.8 Å². The minimum atomic E-state index is -0.202. The maximum Gasteiger partial charge on any atom is 0.123 e. The van der Waals surface area contributed by atoms with Gasteiger partial charge in [-0.05, 0) is 55.0 Å². The fraction of sp³-hybridized carbons (Fsp3) is 0.294. The topological polar surface area (TPSA) is 0 Å². The first-order chi connectivity index (χ1) is 9.58. The van der Waals surface area contributed by atoms with E-state index in [2.05, 4.69) is 47.1 Å². The van der Waals surface area contributed by atoms with Gasteiger partial charge in [-0.25, -0.2) is 4.39 Å². The Morgan fingerprint density at radius 3 is 2.65 bits per heavy atom. The van der Waals surface area contributed by atoms with Crippen LogP contribution in [0.15, 0.2) is 46.9 Å². The molecule has 0 saturated heterocycles. The Morgan fingerprint density at radius 2 is 1.95 bits per heavy atom. The fourth-order valence-corrected chi connectivity index (χ4v) is 2.99. The van der Waals surface area contributed by atoms with Crippen LogP contribution in [-0.4, -0.2) is 5.88 Å². The summed E-state index contributed by atoms with van der Waals surface area (Å²) in [6.45, 7) is 2.09. The molecule has 106 valence electrons. The summed E-state index contributed by atoms with van der Waals surface area (Å²) in [4.78, 5) is 0. The summed E-state index contributed by atoms with van der Waals surface area (Å²) < 4.78 is 14.3. The molecule has 0 aliphatic carbocycles. The van der Waals surface area contributed by atoms with E-state index in [4.69, 9.17) is 11.6 Å². The van der Waals surface area contributed by atoms with Gasteiger partial charge < -0.3 is 0 Å². The normalized spacial score (nSPS) is 12.4. The molecule has 2 aromatic rings. The van der Waals surface area contributed by atoms with Gasteiger partial charge in [0.05, 0.1) is 0 Å². The first-order valence-electron chi connectivity index (χ1n) is 6.64. The number of halogens is 3. The van der Waals surface area contributed by atoms with Gasteiger partial charge in [0.1, 0.15) is 5.82 Å². The Balaban J connectivity index is 2.11. The highest BCUT2D eigenvalue weighted by Crippen LogP contribution is 2.23. The molecule has 0 radical (unpaired) electrons. The van der Waals surface area contributed by atoms with E-state index in [0.717, 1.165) is 22.9 Å².